The van der Waals surface area contributed by atoms with E-state index in [4.69, 9.17) is 4.98 Å². The number of anilines is 1. The van der Waals surface area contributed by atoms with Gasteiger partial charge in [0.2, 0.25) is 0 Å². The van der Waals surface area contributed by atoms with Crippen molar-refractivity contribution in [2.75, 3.05) is 11.9 Å². The van der Waals surface area contributed by atoms with Gasteiger partial charge in [0.05, 0.1) is 11.7 Å². The lowest BCUT2D eigenvalue weighted by Gasteiger charge is -2.26. The molecule has 0 saturated heterocycles. The van der Waals surface area contributed by atoms with E-state index in [1.807, 2.05) is 4.57 Å². The van der Waals surface area contributed by atoms with Crippen LogP contribution in [0.3, 0.4) is 0 Å². The maximum absolute atomic E-state index is 13.2. The molecule has 0 N–H and O–H groups in total. The van der Waals surface area contributed by atoms with Gasteiger partial charge < -0.3 is 4.90 Å². The Hall–Kier alpha value is -1.54. The van der Waals surface area contributed by atoms with Crippen molar-refractivity contribution in [2.45, 2.75) is 55.4 Å². The number of thiophene rings is 1. The van der Waals surface area contributed by atoms with Crippen molar-refractivity contribution in [1.29, 1.82) is 0 Å². The Morgan fingerprint density at radius 3 is 2.65 bits per heavy atom. The van der Waals surface area contributed by atoms with Gasteiger partial charge in [0.15, 0.2) is 0 Å². The normalized spacial score (nSPS) is 23.6. The average molecular weight is 434 g/mol. The highest BCUT2D eigenvalue weighted by molar-refractivity contribution is 9.09. The number of hydrogen-bond donors (Lipinski definition) is 0. The van der Waals surface area contributed by atoms with Crippen molar-refractivity contribution in [3.8, 4) is 0 Å². The van der Waals surface area contributed by atoms with Gasteiger partial charge in [-0.1, -0.05) is 15.9 Å². The van der Waals surface area contributed by atoms with E-state index in [2.05, 4.69) is 37.8 Å². The van der Waals surface area contributed by atoms with Crippen molar-refractivity contribution < 1.29 is 0 Å². The summed E-state index contributed by atoms with van der Waals surface area (Å²) in [7, 11) is 2.07. The minimum absolute atomic E-state index is 0.0658. The molecule has 2 aliphatic carbocycles. The minimum Gasteiger partial charge on any atom is -0.356 e. The molecule has 0 atom stereocenters. The van der Waals surface area contributed by atoms with E-state index in [0.29, 0.717) is 15.6 Å². The number of fused-ring (bicyclic) bond motifs is 3. The summed E-state index contributed by atoms with van der Waals surface area (Å²) in [5, 5.41) is 0.926. The summed E-state index contributed by atoms with van der Waals surface area (Å²) in [4.78, 5) is 30.4. The van der Waals surface area contributed by atoms with Crippen molar-refractivity contribution >= 4 is 53.5 Å². The van der Waals surface area contributed by atoms with Crippen LogP contribution in [-0.2, 0) is 0 Å². The number of alkyl halides is 1. The van der Waals surface area contributed by atoms with Crippen LogP contribution in [0.2, 0.25) is 0 Å². The fraction of sp³-hybridized carbons (Fsp3) is 0.556. The van der Waals surface area contributed by atoms with Crippen LogP contribution in [0.1, 0.15) is 44.6 Å². The molecule has 0 radical (unpaired) electrons. The van der Waals surface area contributed by atoms with Crippen LogP contribution < -0.4 is 10.5 Å². The maximum Gasteiger partial charge on any atom is 0.271 e. The van der Waals surface area contributed by atoms with Crippen LogP contribution in [-0.4, -0.2) is 37.4 Å². The molecule has 6 nitrogen and oxygen atoms in total. The summed E-state index contributed by atoms with van der Waals surface area (Å²) < 4.78 is 2.54. The molecular weight excluding hydrogens is 414 g/mol. The molecule has 3 heterocycles. The lowest BCUT2D eigenvalue weighted by molar-refractivity contribution is 0.353. The third kappa shape index (κ3) is 2.65. The van der Waals surface area contributed by atoms with Crippen LogP contribution >= 0.6 is 27.3 Å². The number of nitrogens with zero attached hydrogens (tertiary/aromatic N) is 5. The number of hydrogen-bond acceptors (Lipinski definition) is 6. The highest BCUT2D eigenvalue weighted by Gasteiger charge is 2.30. The van der Waals surface area contributed by atoms with Gasteiger partial charge in [0.25, 0.3) is 5.56 Å². The fourth-order valence-corrected chi connectivity index (χ4v) is 5.49. The highest BCUT2D eigenvalue weighted by Crippen LogP contribution is 2.38. The SMILES string of the molecule is CN(c1ncnc2sc3c(=O)n(C4CCC(Br)CC4)cnc3c12)C1CC1. The Labute approximate surface area is 163 Å². The first-order valence-corrected chi connectivity index (χ1v) is 10.9. The fourth-order valence-electron chi connectivity index (χ4n) is 3.94. The molecule has 0 unspecified atom stereocenters. The van der Waals surface area contributed by atoms with Gasteiger partial charge in [-0.15, -0.1) is 11.3 Å². The largest absolute Gasteiger partial charge is 0.356 e. The number of aromatic nitrogens is 4. The second-order valence-electron chi connectivity index (χ2n) is 7.36. The topological polar surface area (TPSA) is 63.9 Å². The lowest BCUT2D eigenvalue weighted by atomic mass is 9.95. The summed E-state index contributed by atoms with van der Waals surface area (Å²) in [5.41, 5.74) is 0.819. The van der Waals surface area contributed by atoms with Crippen LogP contribution in [0, 0.1) is 0 Å². The Kier molecular flexibility index (Phi) is 4.01. The molecule has 2 saturated carbocycles. The molecule has 26 heavy (non-hydrogen) atoms. The van der Waals surface area contributed by atoms with Gasteiger partial charge >= 0.3 is 0 Å². The van der Waals surface area contributed by atoms with E-state index in [1.165, 1.54) is 24.2 Å². The second kappa shape index (κ2) is 6.27. The van der Waals surface area contributed by atoms with Gasteiger partial charge in [-0.05, 0) is 38.5 Å². The Balaban J connectivity index is 1.65. The summed E-state index contributed by atoms with van der Waals surface area (Å²) in [6, 6.07) is 0.793. The maximum atomic E-state index is 13.2. The van der Waals surface area contributed by atoms with Crippen molar-refractivity contribution in [1.82, 2.24) is 19.5 Å². The Bertz CT molecular complexity index is 1040. The van der Waals surface area contributed by atoms with Gasteiger partial charge in [-0.3, -0.25) is 9.36 Å². The third-order valence-electron chi connectivity index (χ3n) is 5.63. The zero-order valence-electron chi connectivity index (χ0n) is 14.6. The first kappa shape index (κ1) is 16.6. The zero-order valence-corrected chi connectivity index (χ0v) is 17.0. The molecular formula is C18H20BrN5OS. The smallest absolute Gasteiger partial charge is 0.271 e. The molecule has 5 rings (SSSR count). The Morgan fingerprint density at radius 1 is 1.15 bits per heavy atom. The van der Waals surface area contributed by atoms with Crippen LogP contribution in [0.5, 0.6) is 0 Å². The van der Waals surface area contributed by atoms with Crippen molar-refractivity contribution in [2.24, 2.45) is 0 Å². The zero-order chi connectivity index (χ0) is 17.8. The van der Waals surface area contributed by atoms with Crippen molar-refractivity contribution in [3.05, 3.63) is 23.0 Å². The molecule has 0 bridgehead atoms. The third-order valence-corrected chi connectivity index (χ3v) is 7.62. The molecule has 0 aliphatic heterocycles. The second-order valence-corrected chi connectivity index (χ2v) is 9.66. The predicted octanol–water partition coefficient (Wildman–Crippen LogP) is 3.88. The van der Waals surface area contributed by atoms with E-state index in [-0.39, 0.29) is 11.6 Å². The van der Waals surface area contributed by atoms with Crippen LogP contribution in [0.4, 0.5) is 5.82 Å². The van der Waals surface area contributed by atoms with E-state index in [1.54, 1.807) is 12.7 Å². The monoisotopic (exact) mass is 433 g/mol. The quantitative estimate of drug-likeness (QED) is 0.586. The average Bonchev–Trinajstić information content (AvgIpc) is 3.43. The highest BCUT2D eigenvalue weighted by atomic mass is 79.9. The molecule has 2 aliphatic rings. The van der Waals surface area contributed by atoms with Crippen LogP contribution in [0.15, 0.2) is 17.4 Å². The molecule has 0 spiro atoms. The van der Waals surface area contributed by atoms with Crippen LogP contribution in [0.25, 0.3) is 20.4 Å². The summed E-state index contributed by atoms with van der Waals surface area (Å²) in [6.45, 7) is 0. The lowest BCUT2D eigenvalue weighted by Crippen LogP contribution is -2.28. The van der Waals surface area contributed by atoms with E-state index in [0.717, 1.165) is 47.2 Å². The van der Waals surface area contributed by atoms with Gasteiger partial charge in [0.1, 0.15) is 27.2 Å². The first-order valence-electron chi connectivity index (χ1n) is 9.14. The molecule has 0 amide bonds. The van der Waals surface area contributed by atoms with E-state index < -0.39 is 0 Å². The predicted molar refractivity (Wildman–Crippen MR) is 109 cm³/mol. The standard InChI is InChI=1S/C18H20BrN5OS/c1-23(11-6-7-11)16-13-14-15(26-17(13)21-8-20-16)18(25)24(9-22-14)12-4-2-10(19)3-5-12/h8-12H,2-7H2,1H3. The molecule has 136 valence electrons. The van der Waals surface area contributed by atoms with Gasteiger partial charge in [-0.25, -0.2) is 15.0 Å². The summed E-state index contributed by atoms with van der Waals surface area (Å²) in [6.07, 6.45) is 9.96. The molecule has 0 aromatic carbocycles. The molecule has 3 aromatic heterocycles. The van der Waals surface area contributed by atoms with Crippen molar-refractivity contribution in [3.63, 3.8) is 0 Å². The molecule has 3 aromatic rings. The van der Waals surface area contributed by atoms with E-state index >= 15 is 0 Å². The van der Waals surface area contributed by atoms with Gasteiger partial charge in [-0.2, -0.15) is 0 Å². The minimum atomic E-state index is 0.0658. The van der Waals surface area contributed by atoms with Gasteiger partial charge in [0, 0.05) is 24.0 Å². The first-order chi connectivity index (χ1) is 12.6. The molecule has 2 fully saturated rings. The molecule has 8 heteroatoms. The summed E-state index contributed by atoms with van der Waals surface area (Å²) in [5.74, 6) is 0.896. The van der Waals surface area contributed by atoms with E-state index in [9.17, 15) is 4.79 Å². The Morgan fingerprint density at radius 2 is 1.92 bits per heavy atom. The number of halogens is 1. The summed E-state index contributed by atoms with van der Waals surface area (Å²) >= 11 is 5.14. The number of rotatable bonds is 3.